The maximum absolute atomic E-state index is 11.0. The van der Waals surface area contributed by atoms with E-state index < -0.39 is 30.6 Å². The van der Waals surface area contributed by atoms with Gasteiger partial charge in [0.1, 0.15) is 12.2 Å². The van der Waals surface area contributed by atoms with E-state index in [1.165, 1.54) is 13.8 Å². The first-order valence-corrected chi connectivity index (χ1v) is 4.40. The van der Waals surface area contributed by atoms with E-state index in [-0.39, 0.29) is 6.54 Å². The van der Waals surface area contributed by atoms with Crippen LogP contribution in [0.15, 0.2) is 0 Å². The monoisotopic (exact) mass is 220 g/mol. The van der Waals surface area contributed by atoms with Gasteiger partial charge in [0.25, 0.3) is 0 Å². The second-order valence-electron chi connectivity index (χ2n) is 3.11. The molecule has 2 amide bonds. The van der Waals surface area contributed by atoms with E-state index in [4.69, 9.17) is 10.2 Å². The van der Waals surface area contributed by atoms with Crippen LogP contribution in [-0.2, 0) is 9.59 Å². The Morgan fingerprint density at radius 1 is 1.27 bits per heavy atom. The van der Waals surface area contributed by atoms with Gasteiger partial charge < -0.3 is 15.3 Å². The van der Waals surface area contributed by atoms with E-state index in [1.54, 1.807) is 0 Å². The van der Waals surface area contributed by atoms with E-state index in [0.717, 1.165) is 5.01 Å². The molecule has 0 fully saturated rings. The van der Waals surface area contributed by atoms with Crippen LogP contribution in [0, 0.1) is 0 Å². The zero-order valence-corrected chi connectivity index (χ0v) is 8.67. The minimum absolute atomic E-state index is 0.281. The zero-order valence-electron chi connectivity index (χ0n) is 8.67. The Labute approximate surface area is 87.3 Å². The minimum Gasteiger partial charge on any atom is -0.394 e. The molecule has 7 nitrogen and oxygen atoms in total. The van der Waals surface area contributed by atoms with Gasteiger partial charge in [-0.25, -0.2) is 0 Å². The molecule has 7 heteroatoms. The summed E-state index contributed by atoms with van der Waals surface area (Å²) in [4.78, 5) is 21.7. The molecule has 0 saturated heterocycles. The van der Waals surface area contributed by atoms with E-state index in [2.05, 4.69) is 5.43 Å². The summed E-state index contributed by atoms with van der Waals surface area (Å²) in [5.74, 6) is -0.940. The summed E-state index contributed by atoms with van der Waals surface area (Å²) in [7, 11) is 0. The third kappa shape index (κ3) is 5.31. The summed E-state index contributed by atoms with van der Waals surface area (Å²) in [5.41, 5.74) is 2.18. The number of hydrazine groups is 1. The minimum atomic E-state index is -1.35. The number of nitrogens with zero attached hydrogens (tertiary/aromatic N) is 1. The molecular weight excluding hydrogens is 204 g/mol. The van der Waals surface area contributed by atoms with E-state index in [1.807, 2.05) is 0 Å². The third-order valence-electron chi connectivity index (χ3n) is 1.67. The lowest BCUT2D eigenvalue weighted by Gasteiger charge is -2.25. The molecule has 0 spiro atoms. The number of aliphatic hydroxyl groups excluding tert-OH is 3. The highest BCUT2D eigenvalue weighted by molar-refractivity contribution is 5.79. The van der Waals surface area contributed by atoms with Crippen LogP contribution in [0.1, 0.15) is 13.8 Å². The SMILES string of the molecule is CC(=O)NN(C[C@H](O)[C@H](O)CO)C(C)=O. The van der Waals surface area contributed by atoms with Crippen molar-refractivity contribution in [2.75, 3.05) is 13.2 Å². The summed E-state index contributed by atoms with van der Waals surface area (Å²) < 4.78 is 0. The lowest BCUT2D eigenvalue weighted by atomic mass is 10.2. The van der Waals surface area contributed by atoms with Crippen molar-refractivity contribution >= 4 is 11.8 Å². The standard InChI is InChI=1S/C8H16N2O5/c1-5(12)9-10(6(2)13)3-7(14)8(15)4-11/h7-8,11,14-15H,3-4H2,1-2H3,(H,9,12)/t7-,8+/m0/s1. The summed E-state index contributed by atoms with van der Waals surface area (Å²) in [6.45, 7) is 1.52. The van der Waals surface area contributed by atoms with Crippen molar-refractivity contribution in [3.05, 3.63) is 0 Å². The van der Waals surface area contributed by atoms with Gasteiger partial charge in [0, 0.05) is 13.8 Å². The first-order valence-electron chi connectivity index (χ1n) is 4.40. The van der Waals surface area contributed by atoms with Gasteiger partial charge in [-0.3, -0.25) is 20.0 Å². The summed E-state index contributed by atoms with van der Waals surface area (Å²) in [5, 5.41) is 27.7. The molecule has 0 unspecified atom stereocenters. The van der Waals surface area contributed by atoms with Gasteiger partial charge in [-0.05, 0) is 0 Å². The number of nitrogens with one attached hydrogen (secondary N) is 1. The lowest BCUT2D eigenvalue weighted by Crippen LogP contribution is -2.50. The summed E-state index contributed by atoms with van der Waals surface area (Å²) in [6, 6.07) is 0. The van der Waals surface area contributed by atoms with Gasteiger partial charge in [0.15, 0.2) is 0 Å². The van der Waals surface area contributed by atoms with Crippen LogP contribution in [0.5, 0.6) is 0 Å². The Morgan fingerprint density at radius 3 is 2.13 bits per heavy atom. The maximum atomic E-state index is 11.0. The molecule has 4 N–H and O–H groups in total. The topological polar surface area (TPSA) is 110 Å². The normalized spacial score (nSPS) is 14.2. The van der Waals surface area contributed by atoms with Crippen LogP contribution in [-0.4, -0.2) is 57.5 Å². The number of carbonyl (C=O) groups is 2. The van der Waals surface area contributed by atoms with Crippen LogP contribution < -0.4 is 5.43 Å². The predicted molar refractivity (Wildman–Crippen MR) is 50.3 cm³/mol. The van der Waals surface area contributed by atoms with E-state index in [0.29, 0.717) is 0 Å². The molecule has 15 heavy (non-hydrogen) atoms. The van der Waals surface area contributed by atoms with E-state index >= 15 is 0 Å². The van der Waals surface area contributed by atoms with Gasteiger partial charge in [0.2, 0.25) is 11.8 Å². The Morgan fingerprint density at radius 2 is 1.80 bits per heavy atom. The first-order chi connectivity index (χ1) is 6.88. The van der Waals surface area contributed by atoms with Crippen molar-refractivity contribution in [2.45, 2.75) is 26.1 Å². The highest BCUT2D eigenvalue weighted by Gasteiger charge is 2.21. The zero-order chi connectivity index (χ0) is 12.0. The van der Waals surface area contributed by atoms with Crippen LogP contribution in [0.3, 0.4) is 0 Å². The number of aliphatic hydroxyl groups is 3. The summed E-state index contributed by atoms with van der Waals surface area (Å²) in [6.07, 6.45) is -2.66. The molecule has 0 rings (SSSR count). The van der Waals surface area contributed by atoms with Crippen molar-refractivity contribution in [2.24, 2.45) is 0 Å². The van der Waals surface area contributed by atoms with Crippen LogP contribution in [0.4, 0.5) is 0 Å². The van der Waals surface area contributed by atoms with Gasteiger partial charge in [-0.15, -0.1) is 0 Å². The number of hydrogen-bond donors (Lipinski definition) is 4. The van der Waals surface area contributed by atoms with Crippen LogP contribution >= 0.6 is 0 Å². The fourth-order valence-corrected chi connectivity index (χ4v) is 0.873. The lowest BCUT2D eigenvalue weighted by molar-refractivity contribution is -0.142. The van der Waals surface area contributed by atoms with Crippen molar-refractivity contribution in [3.8, 4) is 0 Å². The molecule has 0 aromatic rings. The second kappa shape index (κ2) is 6.33. The fraction of sp³-hybridized carbons (Fsp3) is 0.750. The van der Waals surface area contributed by atoms with E-state index in [9.17, 15) is 14.7 Å². The largest absolute Gasteiger partial charge is 0.394 e. The second-order valence-corrected chi connectivity index (χ2v) is 3.11. The predicted octanol–water partition coefficient (Wildman–Crippen LogP) is -2.40. The Balaban J connectivity index is 4.28. The number of amides is 2. The van der Waals surface area contributed by atoms with Crippen molar-refractivity contribution < 1.29 is 24.9 Å². The Bertz CT molecular complexity index is 233. The van der Waals surface area contributed by atoms with Crippen LogP contribution in [0.25, 0.3) is 0 Å². The molecule has 0 bridgehead atoms. The van der Waals surface area contributed by atoms with Gasteiger partial charge in [-0.2, -0.15) is 0 Å². The number of hydrogen-bond acceptors (Lipinski definition) is 5. The Hall–Kier alpha value is -1.18. The third-order valence-corrected chi connectivity index (χ3v) is 1.67. The molecule has 0 aromatic carbocycles. The smallest absolute Gasteiger partial charge is 0.237 e. The highest BCUT2D eigenvalue weighted by atomic mass is 16.4. The number of carbonyl (C=O) groups excluding carboxylic acids is 2. The molecule has 0 saturated carbocycles. The number of rotatable bonds is 4. The molecule has 0 heterocycles. The molecule has 0 aromatic heterocycles. The van der Waals surface area contributed by atoms with Crippen molar-refractivity contribution in [1.82, 2.24) is 10.4 Å². The molecule has 2 atom stereocenters. The summed E-state index contributed by atoms with van der Waals surface area (Å²) >= 11 is 0. The average Bonchev–Trinajstić information content (AvgIpc) is 2.14. The molecule has 0 aliphatic heterocycles. The maximum Gasteiger partial charge on any atom is 0.237 e. The first kappa shape index (κ1) is 13.8. The van der Waals surface area contributed by atoms with Gasteiger partial charge in [-0.1, -0.05) is 0 Å². The molecule has 0 aliphatic carbocycles. The van der Waals surface area contributed by atoms with Crippen molar-refractivity contribution in [3.63, 3.8) is 0 Å². The molecular formula is C8H16N2O5. The van der Waals surface area contributed by atoms with Crippen molar-refractivity contribution in [1.29, 1.82) is 0 Å². The average molecular weight is 220 g/mol. The quantitative estimate of drug-likeness (QED) is 0.395. The molecule has 0 radical (unpaired) electrons. The molecule has 0 aliphatic rings. The van der Waals surface area contributed by atoms with Gasteiger partial charge in [0.05, 0.1) is 13.2 Å². The van der Waals surface area contributed by atoms with Crippen LogP contribution in [0.2, 0.25) is 0 Å². The molecule has 88 valence electrons. The Kier molecular flexibility index (Phi) is 5.83. The fourth-order valence-electron chi connectivity index (χ4n) is 0.873. The van der Waals surface area contributed by atoms with Gasteiger partial charge >= 0.3 is 0 Å². The highest BCUT2D eigenvalue weighted by Crippen LogP contribution is 1.96.